The third kappa shape index (κ3) is 1.46. The van der Waals surface area contributed by atoms with Gasteiger partial charge >= 0.3 is 0 Å². The van der Waals surface area contributed by atoms with E-state index < -0.39 is 0 Å². The van der Waals surface area contributed by atoms with Crippen molar-refractivity contribution in [1.29, 1.82) is 0 Å². The molecule has 1 aromatic carbocycles. The highest BCUT2D eigenvalue weighted by atomic mass is 35.5. The summed E-state index contributed by atoms with van der Waals surface area (Å²) >= 11 is 5.76. The third-order valence-corrected chi connectivity index (χ3v) is 2.28. The van der Waals surface area contributed by atoms with Crippen molar-refractivity contribution < 1.29 is 0 Å². The quantitative estimate of drug-likeness (QED) is 0.703. The van der Waals surface area contributed by atoms with Crippen LogP contribution in [0.2, 0.25) is 5.02 Å². The van der Waals surface area contributed by atoms with Crippen LogP contribution in [0.15, 0.2) is 41.3 Å². The second-order valence-corrected chi connectivity index (χ2v) is 3.45. The zero-order valence-electron chi connectivity index (χ0n) is 7.64. The smallest absolute Gasteiger partial charge is 0.271 e. The van der Waals surface area contributed by atoms with Gasteiger partial charge < -0.3 is 0 Å². The van der Waals surface area contributed by atoms with Crippen LogP contribution in [0.5, 0.6) is 0 Å². The number of aryl methyl sites for hydroxylation is 1. The van der Waals surface area contributed by atoms with E-state index in [2.05, 4.69) is 0 Å². The average Bonchev–Trinajstić information content (AvgIpc) is 2.49. The minimum Gasteiger partial charge on any atom is -0.288 e. The Bertz CT molecular complexity index is 496. The van der Waals surface area contributed by atoms with Gasteiger partial charge in [0.05, 0.1) is 5.69 Å². The van der Waals surface area contributed by atoms with Crippen LogP contribution < -0.4 is 5.56 Å². The number of benzene rings is 1. The van der Waals surface area contributed by atoms with Gasteiger partial charge in [0.15, 0.2) is 0 Å². The molecule has 14 heavy (non-hydrogen) atoms. The number of rotatable bonds is 1. The van der Waals surface area contributed by atoms with Crippen LogP contribution in [-0.4, -0.2) is 9.36 Å². The average molecular weight is 209 g/mol. The first-order chi connectivity index (χ1) is 6.68. The monoisotopic (exact) mass is 208 g/mol. The lowest BCUT2D eigenvalue weighted by molar-refractivity contribution is 0.646. The molecule has 0 atom stereocenters. The van der Waals surface area contributed by atoms with Crippen LogP contribution >= 0.6 is 11.6 Å². The summed E-state index contributed by atoms with van der Waals surface area (Å²) in [5.41, 5.74) is 0.765. The number of nitrogens with zero attached hydrogens (tertiary/aromatic N) is 2. The van der Waals surface area contributed by atoms with Crippen LogP contribution in [0, 0.1) is 0 Å². The van der Waals surface area contributed by atoms with Crippen molar-refractivity contribution >= 4 is 11.6 Å². The van der Waals surface area contributed by atoms with E-state index in [4.69, 9.17) is 11.6 Å². The maximum absolute atomic E-state index is 11.4. The Balaban J connectivity index is 2.60. The summed E-state index contributed by atoms with van der Waals surface area (Å²) in [6, 6.07) is 8.66. The molecule has 0 unspecified atom stereocenters. The molecule has 0 bridgehead atoms. The Morgan fingerprint density at radius 2 is 1.79 bits per heavy atom. The molecule has 0 aliphatic rings. The van der Waals surface area contributed by atoms with E-state index in [-0.39, 0.29) is 5.56 Å². The largest absolute Gasteiger partial charge is 0.288 e. The summed E-state index contributed by atoms with van der Waals surface area (Å²) in [7, 11) is 1.82. The topological polar surface area (TPSA) is 26.9 Å². The maximum Gasteiger partial charge on any atom is 0.271 e. The molecule has 0 fully saturated rings. The molecule has 2 rings (SSSR count). The van der Waals surface area contributed by atoms with Crippen molar-refractivity contribution in [3.63, 3.8) is 0 Å². The van der Waals surface area contributed by atoms with Gasteiger partial charge in [-0.25, -0.2) is 4.68 Å². The highest BCUT2D eigenvalue weighted by molar-refractivity contribution is 6.30. The molecule has 4 heteroatoms. The summed E-state index contributed by atoms with van der Waals surface area (Å²) in [6.07, 6.45) is 1.72. The highest BCUT2D eigenvalue weighted by Crippen LogP contribution is 2.11. The van der Waals surface area contributed by atoms with Gasteiger partial charge in [0, 0.05) is 24.3 Å². The molecule has 3 nitrogen and oxygen atoms in total. The van der Waals surface area contributed by atoms with E-state index in [1.807, 2.05) is 19.2 Å². The lowest BCUT2D eigenvalue weighted by Crippen LogP contribution is -2.18. The molecular formula is C10H9ClN2O. The molecule has 0 aliphatic carbocycles. The second-order valence-electron chi connectivity index (χ2n) is 3.02. The Hall–Kier alpha value is -1.48. The molecule has 0 spiro atoms. The fourth-order valence-corrected chi connectivity index (χ4v) is 1.48. The van der Waals surface area contributed by atoms with Gasteiger partial charge in [0.1, 0.15) is 0 Å². The summed E-state index contributed by atoms with van der Waals surface area (Å²) in [6.45, 7) is 0. The molecule has 0 amide bonds. The molecule has 72 valence electrons. The van der Waals surface area contributed by atoms with Gasteiger partial charge in [0.25, 0.3) is 5.56 Å². The molecule has 0 aliphatic heterocycles. The van der Waals surface area contributed by atoms with Gasteiger partial charge in [0.2, 0.25) is 0 Å². The first-order valence-electron chi connectivity index (χ1n) is 4.19. The van der Waals surface area contributed by atoms with Crippen LogP contribution in [-0.2, 0) is 7.05 Å². The Kier molecular flexibility index (Phi) is 2.17. The molecule has 0 radical (unpaired) electrons. The van der Waals surface area contributed by atoms with E-state index in [9.17, 15) is 4.79 Å². The normalized spacial score (nSPS) is 10.4. The van der Waals surface area contributed by atoms with Crippen molar-refractivity contribution in [3.8, 4) is 5.69 Å². The Morgan fingerprint density at radius 3 is 2.29 bits per heavy atom. The minimum atomic E-state index is -0.0465. The lowest BCUT2D eigenvalue weighted by atomic mass is 10.3. The lowest BCUT2D eigenvalue weighted by Gasteiger charge is -2.06. The number of hydrogen-bond acceptors (Lipinski definition) is 1. The first-order valence-corrected chi connectivity index (χ1v) is 4.57. The fraction of sp³-hybridized carbons (Fsp3) is 0.100. The summed E-state index contributed by atoms with van der Waals surface area (Å²) in [4.78, 5) is 11.4. The summed E-state index contributed by atoms with van der Waals surface area (Å²) in [5.74, 6) is 0. The minimum absolute atomic E-state index is 0.0465. The van der Waals surface area contributed by atoms with Crippen molar-refractivity contribution in [1.82, 2.24) is 9.36 Å². The van der Waals surface area contributed by atoms with Crippen molar-refractivity contribution in [2.75, 3.05) is 0 Å². The van der Waals surface area contributed by atoms with Crippen LogP contribution in [0.1, 0.15) is 0 Å². The van der Waals surface area contributed by atoms with Crippen molar-refractivity contribution in [3.05, 3.63) is 51.9 Å². The number of hydrogen-bond donors (Lipinski definition) is 0. The maximum atomic E-state index is 11.4. The van der Waals surface area contributed by atoms with Gasteiger partial charge in [-0.05, 0) is 24.3 Å². The molecule has 0 N–H and O–H groups in total. The number of halogens is 1. The van der Waals surface area contributed by atoms with E-state index in [1.54, 1.807) is 27.7 Å². The first kappa shape index (κ1) is 9.09. The van der Waals surface area contributed by atoms with Gasteiger partial charge in [-0.2, -0.15) is 0 Å². The molecule has 0 saturated carbocycles. The molecule has 1 aromatic heterocycles. The molecule has 1 heterocycles. The van der Waals surface area contributed by atoms with E-state index >= 15 is 0 Å². The highest BCUT2D eigenvalue weighted by Gasteiger charge is 2.01. The Labute approximate surface area is 86.1 Å². The van der Waals surface area contributed by atoms with Gasteiger partial charge in [-0.3, -0.25) is 9.48 Å². The van der Waals surface area contributed by atoms with Crippen LogP contribution in [0.25, 0.3) is 5.69 Å². The predicted molar refractivity (Wildman–Crippen MR) is 56.0 cm³/mol. The van der Waals surface area contributed by atoms with Crippen molar-refractivity contribution in [2.45, 2.75) is 0 Å². The predicted octanol–water partition coefficient (Wildman–Crippen LogP) is 1.83. The standard InChI is InChI=1S/C10H9ClN2O/c1-12-7-6-10(14)13(12)9-4-2-8(11)3-5-9/h2-7H,1H3. The zero-order chi connectivity index (χ0) is 10.1. The van der Waals surface area contributed by atoms with Crippen LogP contribution in [0.4, 0.5) is 0 Å². The van der Waals surface area contributed by atoms with E-state index in [0.717, 1.165) is 5.69 Å². The van der Waals surface area contributed by atoms with Gasteiger partial charge in [-0.1, -0.05) is 11.6 Å². The third-order valence-electron chi connectivity index (χ3n) is 2.03. The van der Waals surface area contributed by atoms with E-state index in [0.29, 0.717) is 5.02 Å². The van der Waals surface area contributed by atoms with Crippen LogP contribution in [0.3, 0.4) is 0 Å². The van der Waals surface area contributed by atoms with Gasteiger partial charge in [-0.15, -0.1) is 0 Å². The molecule has 2 aromatic rings. The second kappa shape index (κ2) is 3.35. The van der Waals surface area contributed by atoms with E-state index in [1.165, 1.54) is 6.07 Å². The number of aromatic nitrogens is 2. The SMILES string of the molecule is Cn1ccc(=O)n1-c1ccc(Cl)cc1. The zero-order valence-corrected chi connectivity index (χ0v) is 8.40. The van der Waals surface area contributed by atoms with Crippen molar-refractivity contribution in [2.24, 2.45) is 7.05 Å². The summed E-state index contributed by atoms with van der Waals surface area (Å²) < 4.78 is 3.29. The fourth-order valence-electron chi connectivity index (χ4n) is 1.36. The summed E-state index contributed by atoms with van der Waals surface area (Å²) in [5, 5.41) is 0.663. The Morgan fingerprint density at radius 1 is 1.14 bits per heavy atom. The molecule has 0 saturated heterocycles. The molecular weight excluding hydrogens is 200 g/mol.